The van der Waals surface area contributed by atoms with E-state index in [0.29, 0.717) is 10.7 Å². The van der Waals surface area contributed by atoms with Gasteiger partial charge in [-0.1, -0.05) is 53.2 Å². The first-order valence-electron chi connectivity index (χ1n) is 8.30. The number of carbonyl (C=O) groups is 1. The lowest BCUT2D eigenvalue weighted by Gasteiger charge is -2.10. The Morgan fingerprint density at radius 2 is 1.82 bits per heavy atom. The molecule has 0 unspecified atom stereocenters. The van der Waals surface area contributed by atoms with E-state index in [-0.39, 0.29) is 24.7 Å². The fourth-order valence-corrected chi connectivity index (χ4v) is 3.17. The van der Waals surface area contributed by atoms with Crippen molar-refractivity contribution in [2.24, 2.45) is 0 Å². The topological polar surface area (TPSA) is 106 Å². The van der Waals surface area contributed by atoms with E-state index in [1.165, 1.54) is 10.9 Å². The number of hydrogen-bond acceptors (Lipinski definition) is 5. The molecule has 1 amide bonds. The summed E-state index contributed by atoms with van der Waals surface area (Å²) in [5, 5.41) is 11.0. The van der Waals surface area contributed by atoms with Crippen LogP contribution in [-0.2, 0) is 23.1 Å². The maximum atomic E-state index is 12.6. The van der Waals surface area contributed by atoms with Crippen LogP contribution in [0, 0.1) is 0 Å². The highest BCUT2D eigenvalue weighted by Gasteiger charge is 2.16. The lowest BCUT2D eigenvalue weighted by Crippen LogP contribution is -2.25. The van der Waals surface area contributed by atoms with Gasteiger partial charge in [-0.2, -0.15) is 0 Å². The maximum Gasteiger partial charge on any atom is 0.271 e. The van der Waals surface area contributed by atoms with Crippen molar-refractivity contribution < 1.29 is 13.2 Å². The smallest absolute Gasteiger partial charge is 0.271 e. The predicted octanol–water partition coefficient (Wildman–Crippen LogP) is 1.90. The summed E-state index contributed by atoms with van der Waals surface area (Å²) >= 11 is 6.18. The monoisotopic (exact) mass is 419 g/mol. The van der Waals surface area contributed by atoms with Crippen molar-refractivity contribution in [2.75, 3.05) is 6.26 Å². The molecule has 0 saturated carbocycles. The van der Waals surface area contributed by atoms with Crippen LogP contribution in [0.4, 0.5) is 0 Å². The van der Waals surface area contributed by atoms with Gasteiger partial charge in [0.2, 0.25) is 10.0 Å². The molecule has 2 N–H and O–H groups in total. The van der Waals surface area contributed by atoms with Crippen molar-refractivity contribution in [3.05, 3.63) is 76.6 Å². The van der Waals surface area contributed by atoms with Crippen LogP contribution >= 0.6 is 11.6 Å². The minimum atomic E-state index is -3.27. The molecule has 0 aliphatic carbocycles. The van der Waals surface area contributed by atoms with Crippen molar-refractivity contribution in [3.63, 3.8) is 0 Å². The Kier molecular flexibility index (Phi) is 6.08. The molecule has 28 heavy (non-hydrogen) atoms. The third kappa shape index (κ3) is 5.16. The predicted molar refractivity (Wildman–Crippen MR) is 106 cm³/mol. The lowest BCUT2D eigenvalue weighted by atomic mass is 10.1. The first kappa shape index (κ1) is 20.0. The molecule has 3 rings (SSSR count). The molecule has 0 aliphatic heterocycles. The van der Waals surface area contributed by atoms with Crippen LogP contribution in [0.5, 0.6) is 0 Å². The van der Waals surface area contributed by atoms with Gasteiger partial charge < -0.3 is 5.32 Å². The number of para-hydroxylation sites is 1. The molecule has 0 atom stereocenters. The van der Waals surface area contributed by atoms with Gasteiger partial charge in [0.15, 0.2) is 5.69 Å². The number of amides is 1. The molecular weight excluding hydrogens is 402 g/mol. The molecule has 0 aliphatic rings. The molecule has 0 spiro atoms. The summed E-state index contributed by atoms with van der Waals surface area (Å²) < 4.78 is 26.2. The third-order valence-corrected chi connectivity index (χ3v) is 4.83. The van der Waals surface area contributed by atoms with Gasteiger partial charge in [-0.25, -0.2) is 17.8 Å². The highest BCUT2D eigenvalue weighted by molar-refractivity contribution is 7.88. The van der Waals surface area contributed by atoms with Crippen molar-refractivity contribution in [2.45, 2.75) is 13.1 Å². The molecule has 2 aromatic carbocycles. The number of halogens is 1. The maximum absolute atomic E-state index is 12.6. The van der Waals surface area contributed by atoms with E-state index >= 15 is 0 Å². The van der Waals surface area contributed by atoms with Crippen molar-refractivity contribution in [3.8, 4) is 5.69 Å². The van der Waals surface area contributed by atoms with Gasteiger partial charge in [0.25, 0.3) is 5.91 Å². The van der Waals surface area contributed by atoms with Crippen LogP contribution in [-0.4, -0.2) is 35.6 Å². The van der Waals surface area contributed by atoms with E-state index in [1.54, 1.807) is 36.4 Å². The summed E-state index contributed by atoms with van der Waals surface area (Å²) in [6.45, 7) is 0.447. The van der Waals surface area contributed by atoms with Crippen LogP contribution in [0.15, 0.2) is 54.7 Å². The highest BCUT2D eigenvalue weighted by atomic mass is 35.5. The second-order valence-electron chi connectivity index (χ2n) is 6.08. The van der Waals surface area contributed by atoms with Crippen molar-refractivity contribution in [1.82, 2.24) is 25.0 Å². The number of benzene rings is 2. The summed E-state index contributed by atoms with van der Waals surface area (Å²) in [4.78, 5) is 12.6. The van der Waals surface area contributed by atoms with Gasteiger partial charge in [-0.15, -0.1) is 5.10 Å². The van der Waals surface area contributed by atoms with E-state index in [4.69, 9.17) is 11.6 Å². The van der Waals surface area contributed by atoms with E-state index < -0.39 is 10.0 Å². The Morgan fingerprint density at radius 1 is 1.11 bits per heavy atom. The number of sulfonamides is 1. The van der Waals surface area contributed by atoms with Gasteiger partial charge in [0.1, 0.15) is 0 Å². The van der Waals surface area contributed by atoms with Gasteiger partial charge in [-0.05, 0) is 23.3 Å². The van der Waals surface area contributed by atoms with E-state index in [9.17, 15) is 13.2 Å². The van der Waals surface area contributed by atoms with Gasteiger partial charge >= 0.3 is 0 Å². The number of aromatic nitrogens is 3. The number of rotatable bonds is 7. The number of nitrogens with zero attached hydrogens (tertiary/aromatic N) is 3. The van der Waals surface area contributed by atoms with Gasteiger partial charge in [-0.3, -0.25) is 4.79 Å². The van der Waals surface area contributed by atoms with Crippen LogP contribution < -0.4 is 10.0 Å². The first-order chi connectivity index (χ1) is 13.3. The standard InChI is InChI=1S/C18H18ClN5O3S/c1-28(26,27)22-11-14-6-4-5-13(9-14)10-20-18(25)17-12-21-23-24(17)16-8-3-2-7-15(16)19/h2-9,12,22H,10-11H2,1H3,(H,20,25). The van der Waals surface area contributed by atoms with Crippen LogP contribution in [0.3, 0.4) is 0 Å². The Morgan fingerprint density at radius 3 is 2.54 bits per heavy atom. The summed E-state index contributed by atoms with van der Waals surface area (Å²) in [6.07, 6.45) is 2.47. The van der Waals surface area contributed by atoms with E-state index in [2.05, 4.69) is 20.4 Å². The van der Waals surface area contributed by atoms with E-state index in [0.717, 1.165) is 17.4 Å². The average Bonchev–Trinajstić information content (AvgIpc) is 3.14. The SMILES string of the molecule is CS(=O)(=O)NCc1cccc(CNC(=O)c2cnnn2-c2ccccc2Cl)c1. The largest absolute Gasteiger partial charge is 0.347 e. The first-order valence-corrected chi connectivity index (χ1v) is 10.6. The molecule has 146 valence electrons. The van der Waals surface area contributed by atoms with Gasteiger partial charge in [0, 0.05) is 13.1 Å². The van der Waals surface area contributed by atoms with Gasteiger partial charge in [0.05, 0.1) is 23.2 Å². The second-order valence-corrected chi connectivity index (χ2v) is 8.32. The molecule has 1 heterocycles. The average molecular weight is 420 g/mol. The number of hydrogen-bond donors (Lipinski definition) is 2. The number of carbonyl (C=O) groups excluding carboxylic acids is 1. The summed E-state index contributed by atoms with van der Waals surface area (Å²) in [7, 11) is -3.27. The Hall–Kier alpha value is -2.75. The summed E-state index contributed by atoms with van der Waals surface area (Å²) in [6, 6.07) is 14.3. The fraction of sp³-hybridized carbons (Fsp3) is 0.167. The molecule has 10 heteroatoms. The molecule has 8 nitrogen and oxygen atoms in total. The molecular formula is C18H18ClN5O3S. The zero-order valence-corrected chi connectivity index (χ0v) is 16.5. The van der Waals surface area contributed by atoms with E-state index in [1.807, 2.05) is 12.1 Å². The molecule has 0 saturated heterocycles. The van der Waals surface area contributed by atoms with Crippen LogP contribution in [0.25, 0.3) is 5.69 Å². The molecule has 0 radical (unpaired) electrons. The zero-order valence-electron chi connectivity index (χ0n) is 15.0. The Balaban J connectivity index is 1.69. The second kappa shape index (κ2) is 8.51. The lowest BCUT2D eigenvalue weighted by molar-refractivity contribution is 0.0943. The molecule has 0 bridgehead atoms. The molecule has 3 aromatic rings. The molecule has 0 fully saturated rings. The van der Waals surface area contributed by atoms with Crippen LogP contribution in [0.2, 0.25) is 5.02 Å². The summed E-state index contributed by atoms with van der Waals surface area (Å²) in [5.74, 6) is -0.357. The normalized spacial score (nSPS) is 11.4. The minimum Gasteiger partial charge on any atom is -0.347 e. The quantitative estimate of drug-likeness (QED) is 0.608. The zero-order chi connectivity index (χ0) is 20.1. The Bertz CT molecular complexity index is 1100. The van der Waals surface area contributed by atoms with Crippen molar-refractivity contribution >= 4 is 27.5 Å². The Labute approximate surface area is 167 Å². The highest BCUT2D eigenvalue weighted by Crippen LogP contribution is 2.20. The van der Waals surface area contributed by atoms with Crippen molar-refractivity contribution in [1.29, 1.82) is 0 Å². The minimum absolute atomic E-state index is 0.184. The summed E-state index contributed by atoms with van der Waals surface area (Å²) in [5.41, 5.74) is 2.43. The molecule has 1 aromatic heterocycles. The third-order valence-electron chi connectivity index (χ3n) is 3.85. The fourth-order valence-electron chi connectivity index (χ4n) is 2.53. The number of nitrogens with one attached hydrogen (secondary N) is 2. The van der Waals surface area contributed by atoms with Crippen LogP contribution in [0.1, 0.15) is 21.6 Å².